The van der Waals surface area contributed by atoms with Gasteiger partial charge in [0.2, 0.25) is 0 Å². The van der Waals surface area contributed by atoms with Crippen molar-refractivity contribution in [1.82, 2.24) is 10.2 Å². The van der Waals surface area contributed by atoms with Gasteiger partial charge < -0.3 is 0 Å². The van der Waals surface area contributed by atoms with Gasteiger partial charge in [-0.05, 0) is 25.0 Å². The van der Waals surface area contributed by atoms with E-state index in [2.05, 4.69) is 36.2 Å². The van der Waals surface area contributed by atoms with Crippen LogP contribution in [0.25, 0.3) is 10.9 Å². The summed E-state index contributed by atoms with van der Waals surface area (Å²) >= 11 is 0. The summed E-state index contributed by atoms with van der Waals surface area (Å²) in [6.07, 6.45) is 1.87. The Balaban J connectivity index is -0.000000285. The summed E-state index contributed by atoms with van der Waals surface area (Å²) in [5, 5.41) is 8.20. The molecule has 2 heteroatoms. The Kier molecular flexibility index (Phi) is 11.9. The number of nitrogens with one attached hydrogen (secondary N) is 1. The van der Waals surface area contributed by atoms with Crippen LogP contribution in [0.5, 0.6) is 0 Å². The predicted molar refractivity (Wildman–Crippen MR) is 81.7 cm³/mol. The maximum absolute atomic E-state index is 4.00. The molecule has 0 amide bonds. The topological polar surface area (TPSA) is 28.7 Å². The maximum Gasteiger partial charge on any atom is 0.0682 e. The number of aryl methyl sites for hydroxylation is 2. The van der Waals surface area contributed by atoms with Gasteiger partial charge in [-0.25, -0.2) is 0 Å². The number of H-pyrrole nitrogens is 1. The van der Waals surface area contributed by atoms with Gasteiger partial charge >= 0.3 is 0 Å². The molecule has 1 aromatic carbocycles. The lowest BCUT2D eigenvalue weighted by Gasteiger charge is -1.96. The number of benzene rings is 1. The second-order valence-corrected chi connectivity index (χ2v) is 2.86. The summed E-state index contributed by atoms with van der Waals surface area (Å²) in [5.74, 6) is 0. The third kappa shape index (κ3) is 5.03. The molecule has 17 heavy (non-hydrogen) atoms. The van der Waals surface area contributed by atoms with Crippen molar-refractivity contribution in [2.75, 3.05) is 0 Å². The van der Waals surface area contributed by atoms with Crippen LogP contribution in [-0.4, -0.2) is 10.2 Å². The minimum absolute atomic E-state index is 0. The van der Waals surface area contributed by atoms with E-state index >= 15 is 0 Å². The Morgan fingerprint density at radius 1 is 0.882 bits per heavy atom. The van der Waals surface area contributed by atoms with Gasteiger partial charge in [0.1, 0.15) is 0 Å². The maximum atomic E-state index is 4.00. The van der Waals surface area contributed by atoms with Crippen LogP contribution in [0.1, 0.15) is 54.1 Å². The lowest BCUT2D eigenvalue weighted by Crippen LogP contribution is -1.78. The van der Waals surface area contributed by atoms with Gasteiger partial charge in [0.25, 0.3) is 0 Å². The molecule has 2 aromatic rings. The smallest absolute Gasteiger partial charge is 0.0682 e. The van der Waals surface area contributed by atoms with Crippen molar-refractivity contribution in [2.24, 2.45) is 0 Å². The third-order valence-electron chi connectivity index (χ3n) is 2.04. The highest BCUT2D eigenvalue weighted by Gasteiger charge is 2.00. The SMILES string of the molecule is CC.CC.CC.Cc1ccc(C)c2[nH]ncc12.[HH]. The first kappa shape index (κ1) is 18.1. The summed E-state index contributed by atoms with van der Waals surface area (Å²) in [6.45, 7) is 16.2. The van der Waals surface area contributed by atoms with E-state index in [0.717, 1.165) is 5.52 Å². The van der Waals surface area contributed by atoms with Gasteiger partial charge in [-0.3, -0.25) is 5.10 Å². The highest BCUT2D eigenvalue weighted by atomic mass is 15.1. The molecule has 0 bridgehead atoms. The van der Waals surface area contributed by atoms with E-state index in [1.165, 1.54) is 16.5 Å². The van der Waals surface area contributed by atoms with E-state index in [1.54, 1.807) is 0 Å². The third-order valence-corrected chi connectivity index (χ3v) is 2.04. The normalized spacial score (nSPS) is 8.00. The first-order valence-corrected chi connectivity index (χ1v) is 6.68. The molecule has 0 radical (unpaired) electrons. The second-order valence-electron chi connectivity index (χ2n) is 2.86. The molecule has 2 rings (SSSR count). The molecule has 0 aliphatic rings. The first-order valence-electron chi connectivity index (χ1n) is 6.68. The van der Waals surface area contributed by atoms with Crippen LogP contribution in [0.15, 0.2) is 18.3 Å². The average molecular weight is 238 g/mol. The molecule has 0 saturated heterocycles. The van der Waals surface area contributed by atoms with Crippen LogP contribution in [0, 0.1) is 13.8 Å². The fourth-order valence-electron chi connectivity index (χ4n) is 1.31. The molecule has 0 aliphatic heterocycles. The van der Waals surface area contributed by atoms with E-state index in [1.807, 2.05) is 47.7 Å². The molecule has 1 heterocycles. The Morgan fingerprint density at radius 2 is 1.35 bits per heavy atom. The van der Waals surface area contributed by atoms with Crippen molar-refractivity contribution in [3.05, 3.63) is 29.5 Å². The van der Waals surface area contributed by atoms with Crippen molar-refractivity contribution in [3.8, 4) is 0 Å². The van der Waals surface area contributed by atoms with Crippen molar-refractivity contribution in [1.29, 1.82) is 0 Å². The van der Waals surface area contributed by atoms with E-state index in [-0.39, 0.29) is 1.43 Å². The van der Waals surface area contributed by atoms with Gasteiger partial charge in [-0.1, -0.05) is 53.7 Å². The van der Waals surface area contributed by atoms with Crippen LogP contribution in [-0.2, 0) is 0 Å². The molecule has 100 valence electrons. The fraction of sp³-hybridized carbons (Fsp3) is 0.533. The van der Waals surface area contributed by atoms with Crippen LogP contribution >= 0.6 is 0 Å². The molecule has 0 atom stereocenters. The average Bonchev–Trinajstić information content (AvgIpc) is 2.92. The highest BCUT2D eigenvalue weighted by Crippen LogP contribution is 2.18. The molecule has 2 nitrogen and oxygen atoms in total. The number of aromatic nitrogens is 2. The number of nitrogens with zero attached hydrogens (tertiary/aromatic N) is 1. The Morgan fingerprint density at radius 3 is 1.82 bits per heavy atom. The van der Waals surface area contributed by atoms with Gasteiger partial charge in [-0.15, -0.1) is 0 Å². The van der Waals surface area contributed by atoms with Crippen molar-refractivity contribution >= 4 is 10.9 Å². The molecule has 0 unspecified atom stereocenters. The highest BCUT2D eigenvalue weighted by molar-refractivity contribution is 5.84. The minimum Gasteiger partial charge on any atom is -0.278 e. The number of aromatic amines is 1. The van der Waals surface area contributed by atoms with Gasteiger partial charge in [0.15, 0.2) is 0 Å². The van der Waals surface area contributed by atoms with Gasteiger partial charge in [0.05, 0.1) is 11.7 Å². The lowest BCUT2D eigenvalue weighted by atomic mass is 10.1. The molecule has 0 fully saturated rings. The first-order chi connectivity index (χ1) is 8.29. The summed E-state index contributed by atoms with van der Waals surface area (Å²) in [4.78, 5) is 0. The quantitative estimate of drug-likeness (QED) is 0.644. The minimum atomic E-state index is 0. The summed E-state index contributed by atoms with van der Waals surface area (Å²) in [5.41, 5.74) is 3.69. The molecule has 0 spiro atoms. The fourth-order valence-corrected chi connectivity index (χ4v) is 1.31. The van der Waals surface area contributed by atoms with E-state index in [0.29, 0.717) is 0 Å². The molecule has 1 N–H and O–H groups in total. The van der Waals surface area contributed by atoms with Crippen LogP contribution in [0.2, 0.25) is 0 Å². The zero-order valence-corrected chi connectivity index (χ0v) is 12.7. The summed E-state index contributed by atoms with van der Waals surface area (Å²) < 4.78 is 0. The van der Waals surface area contributed by atoms with E-state index in [9.17, 15) is 0 Å². The Hall–Kier alpha value is -1.31. The monoisotopic (exact) mass is 238 g/mol. The largest absolute Gasteiger partial charge is 0.278 e. The molecular formula is C15H30N2. The van der Waals surface area contributed by atoms with E-state index < -0.39 is 0 Å². The van der Waals surface area contributed by atoms with Crippen molar-refractivity contribution in [3.63, 3.8) is 0 Å². The van der Waals surface area contributed by atoms with Gasteiger partial charge in [-0.2, -0.15) is 5.10 Å². The summed E-state index contributed by atoms with van der Waals surface area (Å²) in [6, 6.07) is 4.23. The standard InChI is InChI=1S/C9H10N2.3C2H6.H2/c1-6-3-4-7(2)9-8(6)5-10-11-9;3*1-2;/h3-5H,1-2H3,(H,10,11);3*1-2H3;1H. The Bertz CT molecular complexity index is 358. The molecular weight excluding hydrogens is 208 g/mol. The van der Waals surface area contributed by atoms with E-state index in [4.69, 9.17) is 0 Å². The molecule has 1 aromatic heterocycles. The Labute approximate surface area is 108 Å². The second kappa shape index (κ2) is 11.2. The van der Waals surface area contributed by atoms with Crippen molar-refractivity contribution in [2.45, 2.75) is 55.4 Å². The van der Waals surface area contributed by atoms with Crippen LogP contribution in [0.4, 0.5) is 0 Å². The zero-order valence-electron chi connectivity index (χ0n) is 12.7. The number of rotatable bonds is 0. The van der Waals surface area contributed by atoms with Crippen molar-refractivity contribution < 1.29 is 1.43 Å². The van der Waals surface area contributed by atoms with Gasteiger partial charge in [0, 0.05) is 6.81 Å². The molecule has 0 saturated carbocycles. The van der Waals surface area contributed by atoms with Crippen LogP contribution < -0.4 is 0 Å². The van der Waals surface area contributed by atoms with Crippen LogP contribution in [0.3, 0.4) is 0 Å². The number of fused-ring (bicyclic) bond motifs is 1. The molecule has 0 aliphatic carbocycles. The zero-order chi connectivity index (χ0) is 13.8. The lowest BCUT2D eigenvalue weighted by molar-refractivity contribution is 1.11. The number of hydrogen-bond acceptors (Lipinski definition) is 1. The predicted octanol–water partition coefficient (Wildman–Crippen LogP) is 5.50. The summed E-state index contributed by atoms with van der Waals surface area (Å²) in [7, 11) is 0. The number of hydrogen-bond donors (Lipinski definition) is 1.